The molecule has 0 saturated carbocycles. The van der Waals surface area contributed by atoms with E-state index in [4.69, 9.17) is 5.73 Å². The lowest BCUT2D eigenvalue weighted by Gasteiger charge is -2.40. The van der Waals surface area contributed by atoms with Gasteiger partial charge in [-0.2, -0.15) is 0 Å². The molecular formula is C19H34N4O3. The predicted molar refractivity (Wildman–Crippen MR) is 100 cm³/mol. The Morgan fingerprint density at radius 2 is 1.88 bits per heavy atom. The number of hydrogen-bond acceptors (Lipinski definition) is 4. The monoisotopic (exact) mass is 366 g/mol. The van der Waals surface area contributed by atoms with Crippen molar-refractivity contribution in [1.29, 1.82) is 0 Å². The van der Waals surface area contributed by atoms with Crippen LogP contribution in [-0.2, 0) is 14.4 Å². The van der Waals surface area contributed by atoms with Crippen LogP contribution in [0.4, 0.5) is 0 Å². The molecule has 2 unspecified atom stereocenters. The Bertz CT molecular complexity index is 497. The first-order valence-electron chi connectivity index (χ1n) is 10.1. The van der Waals surface area contributed by atoms with E-state index in [0.717, 1.165) is 51.6 Å². The van der Waals surface area contributed by atoms with Gasteiger partial charge in [-0.1, -0.05) is 6.92 Å². The molecule has 148 valence electrons. The van der Waals surface area contributed by atoms with E-state index < -0.39 is 0 Å². The second-order valence-electron chi connectivity index (χ2n) is 7.45. The minimum atomic E-state index is -0.107. The van der Waals surface area contributed by atoms with Gasteiger partial charge in [-0.05, 0) is 38.5 Å². The summed E-state index contributed by atoms with van der Waals surface area (Å²) in [4.78, 5) is 40.8. The molecule has 2 saturated heterocycles. The molecule has 0 radical (unpaired) electrons. The van der Waals surface area contributed by atoms with E-state index >= 15 is 0 Å². The Kier molecular flexibility index (Phi) is 8.35. The largest absolute Gasteiger partial charge is 0.354 e. The Labute approximate surface area is 156 Å². The number of nitrogens with two attached hydrogens (primary N) is 1. The molecule has 7 heteroatoms. The quantitative estimate of drug-likeness (QED) is 0.699. The summed E-state index contributed by atoms with van der Waals surface area (Å²) in [6, 6.07) is 0.0553. The molecule has 3 N–H and O–H groups in total. The number of rotatable bonds is 7. The lowest BCUT2D eigenvalue weighted by molar-refractivity contribution is -0.144. The van der Waals surface area contributed by atoms with Crippen molar-refractivity contribution in [3.8, 4) is 0 Å². The molecule has 2 aliphatic heterocycles. The molecule has 2 rings (SSSR count). The molecule has 0 aromatic carbocycles. The highest BCUT2D eigenvalue weighted by Crippen LogP contribution is 2.24. The van der Waals surface area contributed by atoms with Crippen molar-refractivity contribution in [2.75, 3.05) is 32.7 Å². The average Bonchev–Trinajstić information content (AvgIpc) is 2.66. The van der Waals surface area contributed by atoms with Gasteiger partial charge < -0.3 is 20.9 Å². The number of carbonyl (C=O) groups excluding carboxylic acids is 3. The van der Waals surface area contributed by atoms with Crippen molar-refractivity contribution in [2.24, 2.45) is 11.7 Å². The van der Waals surface area contributed by atoms with E-state index in [1.165, 1.54) is 0 Å². The molecular weight excluding hydrogens is 332 g/mol. The van der Waals surface area contributed by atoms with E-state index in [1.807, 2.05) is 16.7 Å². The van der Waals surface area contributed by atoms with Crippen molar-refractivity contribution >= 4 is 17.7 Å². The number of hydrogen-bond donors (Lipinski definition) is 2. The van der Waals surface area contributed by atoms with E-state index in [1.54, 1.807) is 0 Å². The van der Waals surface area contributed by atoms with E-state index in [9.17, 15) is 14.4 Å². The van der Waals surface area contributed by atoms with Gasteiger partial charge >= 0.3 is 0 Å². The maximum Gasteiger partial charge on any atom is 0.227 e. The first-order valence-corrected chi connectivity index (χ1v) is 10.1. The van der Waals surface area contributed by atoms with Gasteiger partial charge in [0.1, 0.15) is 0 Å². The third-order valence-corrected chi connectivity index (χ3v) is 5.40. The average molecular weight is 367 g/mol. The second kappa shape index (κ2) is 10.5. The molecule has 26 heavy (non-hydrogen) atoms. The summed E-state index contributed by atoms with van der Waals surface area (Å²) in [5.74, 6) is 0.149. The first kappa shape index (κ1) is 20.7. The minimum absolute atomic E-state index is 0.0553. The molecule has 0 aromatic rings. The molecule has 3 amide bonds. The van der Waals surface area contributed by atoms with Crippen LogP contribution in [0, 0.1) is 5.92 Å². The molecule has 2 heterocycles. The zero-order valence-corrected chi connectivity index (χ0v) is 16.0. The summed E-state index contributed by atoms with van der Waals surface area (Å²) in [6.45, 7) is 4.89. The number of nitrogens with zero attached hydrogens (tertiary/aromatic N) is 2. The summed E-state index contributed by atoms with van der Waals surface area (Å²) in [5.41, 5.74) is 5.41. The highest BCUT2D eigenvalue weighted by molar-refractivity contribution is 5.82. The summed E-state index contributed by atoms with van der Waals surface area (Å²) in [6.07, 6.45) is 6.44. The molecule has 2 fully saturated rings. The standard InChI is InChI=1S/C19H34N4O3/c1-2-6-18(25)22-11-5-7-15(14-22)19(26)23-12-4-3-8-16(23)13-21-17(24)9-10-20/h15-16H,2-14,20H2,1H3,(H,21,24). The van der Waals surface area contributed by atoms with Crippen LogP contribution in [-0.4, -0.2) is 66.3 Å². The van der Waals surface area contributed by atoms with Crippen molar-refractivity contribution in [3.05, 3.63) is 0 Å². The number of amides is 3. The molecule has 0 bridgehead atoms. The summed E-state index contributed by atoms with van der Waals surface area (Å²) in [7, 11) is 0. The molecule has 2 aliphatic rings. The third-order valence-electron chi connectivity index (χ3n) is 5.40. The fourth-order valence-electron chi connectivity index (χ4n) is 3.97. The van der Waals surface area contributed by atoms with Crippen molar-refractivity contribution in [3.63, 3.8) is 0 Å². The lowest BCUT2D eigenvalue weighted by atomic mass is 9.93. The zero-order valence-electron chi connectivity index (χ0n) is 16.0. The van der Waals surface area contributed by atoms with Gasteiger partial charge in [-0.15, -0.1) is 0 Å². The molecule has 2 atom stereocenters. The Morgan fingerprint density at radius 1 is 1.08 bits per heavy atom. The van der Waals surface area contributed by atoms with E-state index in [-0.39, 0.29) is 29.7 Å². The Balaban J connectivity index is 1.94. The summed E-state index contributed by atoms with van der Waals surface area (Å²) >= 11 is 0. The summed E-state index contributed by atoms with van der Waals surface area (Å²) < 4.78 is 0. The summed E-state index contributed by atoms with van der Waals surface area (Å²) in [5, 5.41) is 2.91. The maximum absolute atomic E-state index is 13.1. The SMILES string of the molecule is CCCC(=O)N1CCCC(C(=O)N2CCCCC2CNC(=O)CCN)C1. The van der Waals surface area contributed by atoms with Crippen LogP contribution in [0.15, 0.2) is 0 Å². The first-order chi connectivity index (χ1) is 12.6. The van der Waals surface area contributed by atoms with Crippen molar-refractivity contribution in [1.82, 2.24) is 15.1 Å². The molecule has 0 aromatic heterocycles. The van der Waals surface area contributed by atoms with Crippen LogP contribution in [0.25, 0.3) is 0 Å². The Morgan fingerprint density at radius 3 is 2.62 bits per heavy atom. The lowest BCUT2D eigenvalue weighted by Crippen LogP contribution is -2.54. The van der Waals surface area contributed by atoms with Crippen LogP contribution in [0.2, 0.25) is 0 Å². The Hall–Kier alpha value is -1.63. The fraction of sp³-hybridized carbons (Fsp3) is 0.842. The topological polar surface area (TPSA) is 95.7 Å². The smallest absolute Gasteiger partial charge is 0.227 e. The maximum atomic E-state index is 13.1. The van der Waals surface area contributed by atoms with Gasteiger partial charge in [0.05, 0.1) is 5.92 Å². The van der Waals surface area contributed by atoms with Crippen LogP contribution < -0.4 is 11.1 Å². The molecule has 0 spiro atoms. The van der Waals surface area contributed by atoms with Crippen LogP contribution in [0.3, 0.4) is 0 Å². The van der Waals surface area contributed by atoms with Crippen LogP contribution in [0.5, 0.6) is 0 Å². The van der Waals surface area contributed by atoms with Crippen molar-refractivity contribution in [2.45, 2.75) is 64.3 Å². The highest BCUT2D eigenvalue weighted by atomic mass is 16.2. The van der Waals surface area contributed by atoms with Crippen LogP contribution >= 0.6 is 0 Å². The second-order valence-corrected chi connectivity index (χ2v) is 7.45. The third kappa shape index (κ3) is 5.69. The van der Waals surface area contributed by atoms with Crippen LogP contribution in [0.1, 0.15) is 58.3 Å². The van der Waals surface area contributed by atoms with Gasteiger partial charge in [-0.3, -0.25) is 14.4 Å². The highest BCUT2D eigenvalue weighted by Gasteiger charge is 2.34. The number of carbonyl (C=O) groups is 3. The van der Waals surface area contributed by atoms with E-state index in [2.05, 4.69) is 5.32 Å². The van der Waals surface area contributed by atoms with Gasteiger partial charge in [0.2, 0.25) is 17.7 Å². The zero-order chi connectivity index (χ0) is 18.9. The van der Waals surface area contributed by atoms with Gasteiger partial charge in [0, 0.05) is 51.6 Å². The van der Waals surface area contributed by atoms with Gasteiger partial charge in [-0.25, -0.2) is 0 Å². The number of nitrogens with one attached hydrogen (secondary N) is 1. The molecule has 0 aliphatic carbocycles. The predicted octanol–water partition coefficient (Wildman–Crippen LogP) is 0.871. The fourth-order valence-corrected chi connectivity index (χ4v) is 3.97. The molecule has 7 nitrogen and oxygen atoms in total. The van der Waals surface area contributed by atoms with Gasteiger partial charge in [0.25, 0.3) is 0 Å². The minimum Gasteiger partial charge on any atom is -0.354 e. The number of likely N-dealkylation sites (tertiary alicyclic amines) is 2. The van der Waals surface area contributed by atoms with Crippen molar-refractivity contribution < 1.29 is 14.4 Å². The normalized spacial score (nSPS) is 23.6. The number of piperidine rings is 2. The van der Waals surface area contributed by atoms with Gasteiger partial charge in [0.15, 0.2) is 0 Å². The van der Waals surface area contributed by atoms with E-state index in [0.29, 0.717) is 32.5 Å².